The number of ether oxygens (including phenoxy) is 5. The summed E-state index contributed by atoms with van der Waals surface area (Å²) >= 11 is 0. The van der Waals surface area contributed by atoms with Crippen molar-refractivity contribution < 1.29 is 79.9 Å². The molecule has 0 bridgehead atoms. The maximum atomic E-state index is 10.2. The fraction of sp³-hybridized carbons (Fsp3) is 1.00. The summed E-state index contributed by atoms with van der Waals surface area (Å²) in [5.74, 6) is 0. The van der Waals surface area contributed by atoms with Crippen molar-refractivity contribution in [2.75, 3.05) is 19.8 Å². The number of hydrogen-bond acceptors (Lipinski definition) is 16. The van der Waals surface area contributed by atoms with Gasteiger partial charge in [-0.05, 0) is 0 Å². The molecule has 0 spiro atoms. The van der Waals surface area contributed by atoms with Crippen LogP contribution in [0.4, 0.5) is 0 Å². The van der Waals surface area contributed by atoms with Gasteiger partial charge in [-0.1, -0.05) is 0 Å². The Morgan fingerprint density at radius 1 is 0.441 bits per heavy atom. The third-order valence-corrected chi connectivity index (χ3v) is 6.05. The molecule has 0 aliphatic carbocycles. The fourth-order valence-electron chi connectivity index (χ4n) is 3.84. The van der Waals surface area contributed by atoms with E-state index in [2.05, 4.69) is 0 Å². The molecule has 3 fully saturated rings. The number of hydrogen-bond donors (Lipinski definition) is 11. The first-order valence-corrected chi connectivity index (χ1v) is 10.6. The molecule has 0 radical (unpaired) electrons. The van der Waals surface area contributed by atoms with Gasteiger partial charge in [0.05, 0.1) is 19.8 Å². The van der Waals surface area contributed by atoms with Crippen LogP contribution in [0.2, 0.25) is 0 Å². The maximum absolute atomic E-state index is 10.2. The molecule has 0 saturated carbocycles. The number of aliphatic hydroxyl groups excluding tert-OH is 11. The number of aliphatic hydroxyl groups is 11. The van der Waals surface area contributed by atoms with E-state index in [9.17, 15) is 56.2 Å². The SMILES string of the molecule is OC[C@H]1O[C@H](OC[C@H]2O[C@H](OC[C@H]3OC(O)[C@@H](O)[C@@H](O)[C@@H]3O)[C@H](O)[C@@H](O)[C@@H]2O)[C@H](O)[C@@H](O)[C@@H]1O. The molecular formula is C18H32O16. The minimum absolute atomic E-state index is 0.570. The number of rotatable bonds is 7. The zero-order valence-corrected chi connectivity index (χ0v) is 17.7. The van der Waals surface area contributed by atoms with Gasteiger partial charge in [0.1, 0.15) is 73.2 Å². The highest BCUT2D eigenvalue weighted by Crippen LogP contribution is 2.27. The summed E-state index contributed by atoms with van der Waals surface area (Å²) in [6, 6.07) is 0. The van der Waals surface area contributed by atoms with Crippen LogP contribution in [-0.4, -0.2) is 168 Å². The van der Waals surface area contributed by atoms with Gasteiger partial charge in [-0.3, -0.25) is 0 Å². The minimum atomic E-state index is -1.82. The molecule has 0 aromatic rings. The van der Waals surface area contributed by atoms with Gasteiger partial charge in [0.25, 0.3) is 0 Å². The Hall–Kier alpha value is -0.640. The second kappa shape index (κ2) is 11.6. The Bertz CT molecular complexity index is 639. The second-order valence-electron chi connectivity index (χ2n) is 8.42. The summed E-state index contributed by atoms with van der Waals surface area (Å²) in [6.45, 7) is -1.84. The van der Waals surface area contributed by atoms with Gasteiger partial charge in [-0.2, -0.15) is 0 Å². The highest BCUT2D eigenvalue weighted by atomic mass is 16.7. The van der Waals surface area contributed by atoms with Gasteiger partial charge in [-0.25, -0.2) is 0 Å². The van der Waals surface area contributed by atoms with E-state index in [1.54, 1.807) is 0 Å². The lowest BCUT2D eigenvalue weighted by atomic mass is 9.98. The van der Waals surface area contributed by atoms with Crippen molar-refractivity contribution in [1.82, 2.24) is 0 Å². The van der Waals surface area contributed by atoms with Crippen LogP contribution >= 0.6 is 0 Å². The molecule has 0 aromatic carbocycles. The largest absolute Gasteiger partial charge is 0.394 e. The summed E-state index contributed by atoms with van der Waals surface area (Å²) in [5, 5.41) is 108. The molecule has 16 nitrogen and oxygen atoms in total. The van der Waals surface area contributed by atoms with E-state index in [1.165, 1.54) is 0 Å². The molecule has 3 aliphatic rings. The molecule has 0 amide bonds. The van der Waals surface area contributed by atoms with Crippen LogP contribution in [0, 0.1) is 0 Å². The summed E-state index contributed by atoms with van der Waals surface area (Å²) in [4.78, 5) is 0. The van der Waals surface area contributed by atoms with Gasteiger partial charge >= 0.3 is 0 Å². The van der Waals surface area contributed by atoms with Gasteiger partial charge in [0.15, 0.2) is 18.9 Å². The smallest absolute Gasteiger partial charge is 0.186 e. The Labute approximate surface area is 192 Å². The molecule has 3 aliphatic heterocycles. The highest BCUT2D eigenvalue weighted by molar-refractivity contribution is 4.92. The van der Waals surface area contributed by atoms with Crippen LogP contribution in [0.25, 0.3) is 0 Å². The monoisotopic (exact) mass is 504 g/mol. The van der Waals surface area contributed by atoms with Crippen molar-refractivity contribution in [1.29, 1.82) is 0 Å². The zero-order chi connectivity index (χ0) is 25.3. The lowest BCUT2D eigenvalue weighted by Gasteiger charge is -2.43. The second-order valence-corrected chi connectivity index (χ2v) is 8.42. The molecule has 15 atom stereocenters. The molecule has 200 valence electrons. The summed E-state index contributed by atoms with van der Waals surface area (Å²) < 4.78 is 26.1. The van der Waals surface area contributed by atoms with Crippen LogP contribution < -0.4 is 0 Å². The van der Waals surface area contributed by atoms with Gasteiger partial charge < -0.3 is 79.9 Å². The van der Waals surface area contributed by atoms with E-state index < -0.39 is 112 Å². The summed E-state index contributed by atoms with van der Waals surface area (Å²) in [6.07, 6.45) is -24.4. The lowest BCUT2D eigenvalue weighted by molar-refractivity contribution is -0.340. The van der Waals surface area contributed by atoms with E-state index >= 15 is 0 Å². The molecule has 1 unspecified atom stereocenters. The van der Waals surface area contributed by atoms with Crippen molar-refractivity contribution >= 4 is 0 Å². The van der Waals surface area contributed by atoms with Gasteiger partial charge in [0.2, 0.25) is 0 Å². The van der Waals surface area contributed by atoms with E-state index in [1.807, 2.05) is 0 Å². The van der Waals surface area contributed by atoms with Crippen molar-refractivity contribution in [2.45, 2.75) is 92.1 Å². The van der Waals surface area contributed by atoms with E-state index in [0.29, 0.717) is 0 Å². The Kier molecular flexibility index (Phi) is 9.54. The van der Waals surface area contributed by atoms with Crippen molar-refractivity contribution in [3.05, 3.63) is 0 Å². The fourth-order valence-corrected chi connectivity index (χ4v) is 3.84. The van der Waals surface area contributed by atoms with Crippen molar-refractivity contribution in [3.63, 3.8) is 0 Å². The van der Waals surface area contributed by atoms with E-state index in [4.69, 9.17) is 23.7 Å². The maximum Gasteiger partial charge on any atom is 0.186 e. The Morgan fingerprint density at radius 2 is 0.824 bits per heavy atom. The predicted octanol–water partition coefficient (Wildman–Crippen LogP) is -7.57. The van der Waals surface area contributed by atoms with E-state index in [0.717, 1.165) is 0 Å². The van der Waals surface area contributed by atoms with Crippen LogP contribution in [-0.2, 0) is 23.7 Å². The third-order valence-electron chi connectivity index (χ3n) is 6.05. The molecule has 3 rings (SSSR count). The van der Waals surface area contributed by atoms with Crippen molar-refractivity contribution in [2.24, 2.45) is 0 Å². The minimum Gasteiger partial charge on any atom is -0.394 e. The third kappa shape index (κ3) is 5.68. The van der Waals surface area contributed by atoms with Crippen LogP contribution in [0.5, 0.6) is 0 Å². The van der Waals surface area contributed by atoms with Crippen LogP contribution in [0.3, 0.4) is 0 Å². The first kappa shape index (κ1) is 27.9. The van der Waals surface area contributed by atoms with Crippen LogP contribution in [0.1, 0.15) is 0 Å². The summed E-state index contributed by atoms with van der Waals surface area (Å²) in [5.41, 5.74) is 0. The quantitative estimate of drug-likeness (QED) is 0.154. The molecule has 34 heavy (non-hydrogen) atoms. The normalized spacial score (nSPS) is 52.5. The standard InChI is InChI=1S/C18H32O16/c19-1-4-7(20)11(24)14(27)17(33-4)31-3-6-9(22)12(25)15(28)18(34-6)30-2-5-8(21)10(23)13(26)16(29)32-5/h4-29H,1-3H2/t4-,5-,6-,7-,8-,9-,10+,11+,12+,13+,14-,15-,16?,17+,18+/m1/s1. The summed E-state index contributed by atoms with van der Waals surface area (Å²) in [7, 11) is 0. The Balaban J connectivity index is 1.58. The van der Waals surface area contributed by atoms with E-state index in [-0.39, 0.29) is 0 Å². The molecule has 3 heterocycles. The molecule has 16 heteroatoms. The highest BCUT2D eigenvalue weighted by Gasteiger charge is 2.48. The topological polar surface area (TPSA) is 269 Å². The molecular weight excluding hydrogens is 472 g/mol. The lowest BCUT2D eigenvalue weighted by Crippen LogP contribution is -2.62. The predicted molar refractivity (Wildman–Crippen MR) is 101 cm³/mol. The zero-order valence-electron chi connectivity index (χ0n) is 17.7. The van der Waals surface area contributed by atoms with Gasteiger partial charge in [-0.15, -0.1) is 0 Å². The average Bonchev–Trinajstić information content (AvgIpc) is 2.82. The van der Waals surface area contributed by atoms with Crippen LogP contribution in [0.15, 0.2) is 0 Å². The molecule has 0 aromatic heterocycles. The average molecular weight is 504 g/mol. The first-order valence-electron chi connectivity index (χ1n) is 10.6. The Morgan fingerprint density at radius 3 is 1.29 bits per heavy atom. The molecule has 3 saturated heterocycles. The van der Waals surface area contributed by atoms with Gasteiger partial charge in [0, 0.05) is 0 Å². The van der Waals surface area contributed by atoms with Crippen molar-refractivity contribution in [3.8, 4) is 0 Å². The first-order chi connectivity index (χ1) is 16.0. The molecule has 11 N–H and O–H groups in total.